The molecular formula is C20H39NO2. The summed E-state index contributed by atoms with van der Waals surface area (Å²) in [6.07, 6.45) is 24.8. The summed E-state index contributed by atoms with van der Waals surface area (Å²) < 4.78 is 0. The van der Waals surface area contributed by atoms with Crippen molar-refractivity contribution in [2.45, 2.75) is 110 Å². The SMILES string of the molecule is CCCCCCCCCCCCCCCCC/C=C/C(=O)ON. The van der Waals surface area contributed by atoms with Crippen molar-refractivity contribution >= 4 is 5.97 Å². The Morgan fingerprint density at radius 1 is 0.739 bits per heavy atom. The lowest BCUT2D eigenvalue weighted by atomic mass is 10.0. The van der Waals surface area contributed by atoms with Gasteiger partial charge >= 0.3 is 5.97 Å². The van der Waals surface area contributed by atoms with E-state index in [2.05, 4.69) is 11.8 Å². The van der Waals surface area contributed by atoms with Gasteiger partial charge in [-0.15, -0.1) is 0 Å². The minimum absolute atomic E-state index is 0.467. The second-order valence-electron chi connectivity index (χ2n) is 6.58. The van der Waals surface area contributed by atoms with Crippen LogP contribution in [-0.2, 0) is 9.63 Å². The van der Waals surface area contributed by atoms with Gasteiger partial charge in [-0.3, -0.25) is 0 Å². The standard InChI is InChI=1S/C20H39NO2/c1-2-3-4-5-6-7-8-9-10-11-12-13-14-15-16-17-18-19-20(22)23-21/h18-19H,2-17,21H2,1H3/b19-18+. The maximum Gasteiger partial charge on any atom is 0.348 e. The molecule has 136 valence electrons. The predicted octanol–water partition coefficient (Wildman–Crippen LogP) is 6.22. The van der Waals surface area contributed by atoms with Gasteiger partial charge in [0.2, 0.25) is 0 Å². The van der Waals surface area contributed by atoms with Gasteiger partial charge in [-0.1, -0.05) is 103 Å². The van der Waals surface area contributed by atoms with E-state index in [1.165, 1.54) is 96.0 Å². The first-order chi connectivity index (χ1) is 11.3. The third kappa shape index (κ3) is 19.1. The Kier molecular flexibility index (Phi) is 18.5. The number of hydrogen-bond donors (Lipinski definition) is 1. The highest BCUT2D eigenvalue weighted by Crippen LogP contribution is 2.13. The number of nitrogens with two attached hydrogens (primary N) is 1. The van der Waals surface area contributed by atoms with Crippen molar-refractivity contribution in [2.24, 2.45) is 5.90 Å². The van der Waals surface area contributed by atoms with Crippen LogP contribution in [0.2, 0.25) is 0 Å². The smallest absolute Gasteiger partial charge is 0.348 e. The van der Waals surface area contributed by atoms with Crippen molar-refractivity contribution in [1.29, 1.82) is 0 Å². The molecule has 23 heavy (non-hydrogen) atoms. The van der Waals surface area contributed by atoms with Crippen molar-refractivity contribution < 1.29 is 9.63 Å². The van der Waals surface area contributed by atoms with Gasteiger partial charge in [0.15, 0.2) is 0 Å². The average molecular weight is 326 g/mol. The minimum atomic E-state index is -0.467. The van der Waals surface area contributed by atoms with E-state index in [0.29, 0.717) is 0 Å². The van der Waals surface area contributed by atoms with Gasteiger partial charge in [0.05, 0.1) is 0 Å². The Labute approximate surface area is 144 Å². The zero-order valence-corrected chi connectivity index (χ0v) is 15.4. The monoisotopic (exact) mass is 325 g/mol. The highest BCUT2D eigenvalue weighted by Gasteiger charge is 1.94. The van der Waals surface area contributed by atoms with Gasteiger partial charge in [-0.25, -0.2) is 4.79 Å². The van der Waals surface area contributed by atoms with E-state index in [0.717, 1.165) is 12.8 Å². The van der Waals surface area contributed by atoms with E-state index < -0.39 is 5.97 Å². The second-order valence-corrected chi connectivity index (χ2v) is 6.58. The maximum absolute atomic E-state index is 10.7. The molecule has 0 unspecified atom stereocenters. The Balaban J connectivity index is 3.05. The molecular weight excluding hydrogens is 286 g/mol. The van der Waals surface area contributed by atoms with E-state index >= 15 is 0 Å². The van der Waals surface area contributed by atoms with Gasteiger partial charge in [0.1, 0.15) is 0 Å². The average Bonchev–Trinajstić information content (AvgIpc) is 2.57. The van der Waals surface area contributed by atoms with Crippen LogP contribution in [0.25, 0.3) is 0 Å². The number of rotatable bonds is 17. The van der Waals surface area contributed by atoms with Crippen molar-refractivity contribution in [3.8, 4) is 0 Å². The summed E-state index contributed by atoms with van der Waals surface area (Å²) in [7, 11) is 0. The molecule has 0 heterocycles. The van der Waals surface area contributed by atoms with E-state index in [1.54, 1.807) is 0 Å². The van der Waals surface area contributed by atoms with Gasteiger partial charge in [0.25, 0.3) is 0 Å². The molecule has 0 atom stereocenters. The van der Waals surface area contributed by atoms with Crippen LogP contribution in [0, 0.1) is 0 Å². The highest BCUT2D eigenvalue weighted by atomic mass is 16.7. The van der Waals surface area contributed by atoms with Crippen LogP contribution in [0.1, 0.15) is 110 Å². The second kappa shape index (κ2) is 19.2. The molecule has 0 aliphatic heterocycles. The lowest BCUT2D eigenvalue weighted by molar-refractivity contribution is -0.138. The first-order valence-corrected chi connectivity index (χ1v) is 9.88. The summed E-state index contributed by atoms with van der Waals surface area (Å²) in [5.74, 6) is 4.28. The van der Waals surface area contributed by atoms with Crippen molar-refractivity contribution in [3.63, 3.8) is 0 Å². The number of carbonyl (C=O) groups is 1. The maximum atomic E-state index is 10.7. The van der Waals surface area contributed by atoms with Crippen molar-refractivity contribution in [2.75, 3.05) is 0 Å². The van der Waals surface area contributed by atoms with Crippen molar-refractivity contribution in [3.05, 3.63) is 12.2 Å². The predicted molar refractivity (Wildman–Crippen MR) is 99.0 cm³/mol. The largest absolute Gasteiger partial charge is 0.370 e. The van der Waals surface area contributed by atoms with Crippen LogP contribution < -0.4 is 5.90 Å². The first kappa shape index (κ1) is 22.2. The molecule has 0 aromatic carbocycles. The number of hydrogen-bond acceptors (Lipinski definition) is 3. The minimum Gasteiger partial charge on any atom is -0.370 e. The lowest BCUT2D eigenvalue weighted by Crippen LogP contribution is -2.05. The normalized spacial score (nSPS) is 11.2. The fourth-order valence-corrected chi connectivity index (χ4v) is 2.85. The molecule has 0 fully saturated rings. The summed E-state index contributed by atoms with van der Waals surface area (Å²) in [4.78, 5) is 14.8. The molecule has 3 heteroatoms. The molecule has 0 bridgehead atoms. The van der Waals surface area contributed by atoms with E-state index in [4.69, 9.17) is 5.90 Å². The number of unbranched alkanes of at least 4 members (excludes halogenated alkanes) is 15. The van der Waals surface area contributed by atoms with E-state index in [-0.39, 0.29) is 0 Å². The van der Waals surface area contributed by atoms with E-state index in [1.807, 2.05) is 6.08 Å². The Morgan fingerprint density at radius 3 is 1.52 bits per heavy atom. The molecule has 0 rings (SSSR count). The molecule has 0 amide bonds. The molecule has 0 spiro atoms. The highest BCUT2D eigenvalue weighted by molar-refractivity contribution is 5.81. The fraction of sp³-hybridized carbons (Fsp3) is 0.850. The Bertz CT molecular complexity index is 277. The zero-order valence-electron chi connectivity index (χ0n) is 15.4. The molecule has 3 nitrogen and oxygen atoms in total. The van der Waals surface area contributed by atoms with Gasteiger partial charge in [-0.2, -0.15) is 5.90 Å². The van der Waals surface area contributed by atoms with Gasteiger partial charge < -0.3 is 4.84 Å². The third-order valence-electron chi connectivity index (χ3n) is 4.34. The summed E-state index contributed by atoms with van der Waals surface area (Å²) in [5, 5.41) is 0. The Hall–Kier alpha value is -0.830. The molecule has 2 N–H and O–H groups in total. The molecule has 0 aliphatic carbocycles. The van der Waals surface area contributed by atoms with Gasteiger partial charge in [-0.05, 0) is 12.8 Å². The number of allylic oxidation sites excluding steroid dienone is 1. The van der Waals surface area contributed by atoms with Crippen LogP contribution in [0.5, 0.6) is 0 Å². The fourth-order valence-electron chi connectivity index (χ4n) is 2.85. The quantitative estimate of drug-likeness (QED) is 0.196. The van der Waals surface area contributed by atoms with Crippen LogP contribution in [-0.4, -0.2) is 5.97 Å². The molecule has 0 aromatic rings. The molecule has 0 radical (unpaired) electrons. The molecule has 0 saturated heterocycles. The topological polar surface area (TPSA) is 52.3 Å². The molecule has 0 aliphatic rings. The summed E-state index contributed by atoms with van der Waals surface area (Å²) in [6.45, 7) is 2.28. The third-order valence-corrected chi connectivity index (χ3v) is 4.34. The summed E-state index contributed by atoms with van der Waals surface area (Å²) >= 11 is 0. The van der Waals surface area contributed by atoms with Crippen LogP contribution >= 0.6 is 0 Å². The van der Waals surface area contributed by atoms with Crippen molar-refractivity contribution in [1.82, 2.24) is 0 Å². The Morgan fingerprint density at radius 2 is 1.13 bits per heavy atom. The molecule has 0 saturated carbocycles. The molecule has 0 aromatic heterocycles. The lowest BCUT2D eigenvalue weighted by Gasteiger charge is -2.03. The first-order valence-electron chi connectivity index (χ1n) is 9.88. The summed E-state index contributed by atoms with van der Waals surface area (Å²) in [5.41, 5.74) is 0. The number of carbonyl (C=O) groups excluding carboxylic acids is 1. The van der Waals surface area contributed by atoms with Crippen LogP contribution in [0.15, 0.2) is 12.2 Å². The zero-order chi connectivity index (χ0) is 17.0. The van der Waals surface area contributed by atoms with Crippen LogP contribution in [0.4, 0.5) is 0 Å². The van der Waals surface area contributed by atoms with Crippen LogP contribution in [0.3, 0.4) is 0 Å². The van der Waals surface area contributed by atoms with Gasteiger partial charge in [0, 0.05) is 6.08 Å². The van der Waals surface area contributed by atoms with E-state index in [9.17, 15) is 4.79 Å². The summed E-state index contributed by atoms with van der Waals surface area (Å²) in [6, 6.07) is 0.